The molecule has 0 bridgehead atoms. The molecule has 0 spiro atoms. The van der Waals surface area contributed by atoms with Gasteiger partial charge in [-0.2, -0.15) is 0 Å². The van der Waals surface area contributed by atoms with E-state index in [1.807, 2.05) is 35.2 Å². The predicted molar refractivity (Wildman–Crippen MR) is 126 cm³/mol. The van der Waals surface area contributed by atoms with Crippen molar-refractivity contribution in [2.24, 2.45) is 0 Å². The fraction of sp³-hybridized carbons (Fsp3) is 0.625. The number of nitrogens with one attached hydrogen (secondary N) is 2. The van der Waals surface area contributed by atoms with Gasteiger partial charge >= 0.3 is 18.2 Å². The van der Waals surface area contributed by atoms with Crippen molar-refractivity contribution in [1.82, 2.24) is 15.5 Å². The molecule has 33 heavy (non-hydrogen) atoms. The molecule has 0 unspecified atom stereocenters. The molecule has 1 rings (SSSR count). The summed E-state index contributed by atoms with van der Waals surface area (Å²) < 4.78 is 15.8. The van der Waals surface area contributed by atoms with Crippen LogP contribution in [0.2, 0.25) is 0 Å². The first-order valence-corrected chi connectivity index (χ1v) is 11.2. The van der Waals surface area contributed by atoms with E-state index in [-0.39, 0.29) is 19.0 Å². The number of amides is 2. The highest BCUT2D eigenvalue weighted by atomic mass is 16.6. The van der Waals surface area contributed by atoms with Gasteiger partial charge in [0.1, 0.15) is 17.8 Å². The lowest BCUT2D eigenvalue weighted by Crippen LogP contribution is -2.42. The van der Waals surface area contributed by atoms with Crippen LogP contribution in [-0.2, 0) is 25.6 Å². The quantitative estimate of drug-likeness (QED) is 0.381. The second-order valence-corrected chi connectivity index (χ2v) is 9.60. The van der Waals surface area contributed by atoms with Crippen molar-refractivity contribution in [1.29, 1.82) is 0 Å². The summed E-state index contributed by atoms with van der Waals surface area (Å²) in [7, 11) is 0. The van der Waals surface area contributed by atoms with E-state index in [4.69, 9.17) is 14.2 Å². The summed E-state index contributed by atoms with van der Waals surface area (Å²) in [6.07, 6.45) is -0.820. The molecule has 0 aliphatic rings. The van der Waals surface area contributed by atoms with Gasteiger partial charge in [0.25, 0.3) is 0 Å². The highest BCUT2D eigenvalue weighted by Crippen LogP contribution is 2.07. The minimum absolute atomic E-state index is 0.186. The topological polar surface area (TPSA) is 106 Å². The van der Waals surface area contributed by atoms with E-state index >= 15 is 0 Å². The predicted octanol–water partition coefficient (Wildman–Crippen LogP) is 3.47. The van der Waals surface area contributed by atoms with E-state index in [2.05, 4.69) is 10.6 Å². The number of alkyl carbamates (subject to hydrolysis) is 2. The lowest BCUT2D eigenvalue weighted by molar-refractivity contribution is -0.145. The maximum Gasteiger partial charge on any atom is 0.407 e. The Hall–Kier alpha value is -2.81. The Morgan fingerprint density at radius 3 is 1.73 bits per heavy atom. The number of rotatable bonds is 11. The van der Waals surface area contributed by atoms with Crippen molar-refractivity contribution < 1.29 is 28.6 Å². The minimum atomic E-state index is -0.580. The molecule has 0 heterocycles. The van der Waals surface area contributed by atoms with Gasteiger partial charge in [0.15, 0.2) is 0 Å². The molecule has 9 nitrogen and oxygen atoms in total. The summed E-state index contributed by atoms with van der Waals surface area (Å²) >= 11 is 0. The molecular weight excluding hydrogens is 426 g/mol. The number of ether oxygens (including phenoxy) is 3. The van der Waals surface area contributed by atoms with Crippen LogP contribution >= 0.6 is 0 Å². The molecule has 0 aliphatic carbocycles. The van der Waals surface area contributed by atoms with Crippen LogP contribution in [0, 0.1) is 0 Å². The van der Waals surface area contributed by atoms with Crippen molar-refractivity contribution in [3.63, 3.8) is 0 Å². The number of esters is 1. The van der Waals surface area contributed by atoms with Crippen LogP contribution in [0.1, 0.15) is 53.5 Å². The molecule has 0 atom stereocenters. The van der Waals surface area contributed by atoms with Gasteiger partial charge in [-0.1, -0.05) is 30.3 Å². The van der Waals surface area contributed by atoms with E-state index < -0.39 is 23.4 Å². The van der Waals surface area contributed by atoms with Gasteiger partial charge in [-0.05, 0) is 47.1 Å². The van der Waals surface area contributed by atoms with Crippen LogP contribution < -0.4 is 10.6 Å². The van der Waals surface area contributed by atoms with Gasteiger partial charge in [0, 0.05) is 32.7 Å². The van der Waals surface area contributed by atoms with E-state index in [9.17, 15) is 14.4 Å². The number of benzene rings is 1. The molecule has 1 aromatic rings. The largest absolute Gasteiger partial charge is 0.461 e. The zero-order valence-electron chi connectivity index (χ0n) is 20.7. The molecule has 0 radical (unpaired) electrons. The minimum Gasteiger partial charge on any atom is -0.461 e. The second kappa shape index (κ2) is 13.7. The van der Waals surface area contributed by atoms with Gasteiger partial charge < -0.3 is 24.8 Å². The molecule has 0 saturated carbocycles. The van der Waals surface area contributed by atoms with E-state index in [0.717, 1.165) is 5.56 Å². The summed E-state index contributed by atoms with van der Waals surface area (Å²) in [5.41, 5.74) is -0.237. The van der Waals surface area contributed by atoms with Crippen LogP contribution in [0.3, 0.4) is 0 Å². The zero-order chi connectivity index (χ0) is 24.9. The van der Waals surface area contributed by atoms with Crippen molar-refractivity contribution >= 4 is 18.2 Å². The van der Waals surface area contributed by atoms with Gasteiger partial charge in [-0.3, -0.25) is 9.69 Å². The molecule has 2 amide bonds. The average Bonchev–Trinajstić information content (AvgIpc) is 2.68. The number of carbonyl (C=O) groups excluding carboxylic acids is 3. The van der Waals surface area contributed by atoms with Gasteiger partial charge in [0.2, 0.25) is 0 Å². The van der Waals surface area contributed by atoms with Crippen LogP contribution in [-0.4, -0.2) is 67.0 Å². The number of hydrogen-bond acceptors (Lipinski definition) is 7. The number of nitrogens with zero attached hydrogens (tertiary/aromatic N) is 1. The Labute approximate surface area is 197 Å². The molecule has 0 saturated heterocycles. The SMILES string of the molecule is CC(C)(C)OC(=O)NCCN(CCNC(=O)OC(C)(C)C)CCC(=O)OCc1ccccc1. The van der Waals surface area contributed by atoms with Crippen molar-refractivity contribution in [2.45, 2.75) is 65.8 Å². The van der Waals surface area contributed by atoms with E-state index in [1.165, 1.54) is 0 Å². The summed E-state index contributed by atoms with van der Waals surface area (Å²) in [4.78, 5) is 37.9. The first kappa shape index (κ1) is 28.2. The lowest BCUT2D eigenvalue weighted by atomic mass is 10.2. The van der Waals surface area contributed by atoms with Crippen LogP contribution in [0.4, 0.5) is 9.59 Å². The average molecular weight is 466 g/mol. The smallest absolute Gasteiger partial charge is 0.407 e. The monoisotopic (exact) mass is 465 g/mol. The third-order valence-electron chi connectivity index (χ3n) is 4.07. The first-order valence-electron chi connectivity index (χ1n) is 11.2. The van der Waals surface area contributed by atoms with E-state index in [1.54, 1.807) is 41.5 Å². The Morgan fingerprint density at radius 1 is 0.788 bits per heavy atom. The van der Waals surface area contributed by atoms with Crippen molar-refractivity contribution in [2.75, 3.05) is 32.7 Å². The van der Waals surface area contributed by atoms with Gasteiger partial charge in [-0.15, -0.1) is 0 Å². The van der Waals surface area contributed by atoms with Crippen molar-refractivity contribution in [3.8, 4) is 0 Å². The van der Waals surface area contributed by atoms with Crippen LogP contribution in [0.15, 0.2) is 30.3 Å². The standard InChI is InChI=1S/C24H39N3O6/c1-23(2,3)32-21(29)25-13-16-27(17-14-26-22(30)33-24(4,5)6)15-12-20(28)31-18-19-10-8-7-9-11-19/h7-11H,12-18H2,1-6H3,(H,25,29)(H,26,30). The molecule has 0 aliphatic heterocycles. The fourth-order valence-corrected chi connectivity index (χ4v) is 2.66. The number of carbonyl (C=O) groups is 3. The normalized spacial score (nSPS) is 11.6. The van der Waals surface area contributed by atoms with Crippen LogP contribution in [0.5, 0.6) is 0 Å². The molecular formula is C24H39N3O6. The Morgan fingerprint density at radius 2 is 1.27 bits per heavy atom. The van der Waals surface area contributed by atoms with Gasteiger partial charge in [-0.25, -0.2) is 9.59 Å². The maximum absolute atomic E-state index is 12.2. The van der Waals surface area contributed by atoms with Gasteiger partial charge in [0.05, 0.1) is 6.42 Å². The highest BCUT2D eigenvalue weighted by Gasteiger charge is 2.18. The van der Waals surface area contributed by atoms with Crippen LogP contribution in [0.25, 0.3) is 0 Å². The third kappa shape index (κ3) is 15.6. The van der Waals surface area contributed by atoms with Crippen molar-refractivity contribution in [3.05, 3.63) is 35.9 Å². The third-order valence-corrected chi connectivity index (χ3v) is 4.07. The first-order chi connectivity index (χ1) is 15.3. The molecule has 0 aromatic heterocycles. The molecule has 186 valence electrons. The fourth-order valence-electron chi connectivity index (χ4n) is 2.66. The molecule has 1 aromatic carbocycles. The summed E-state index contributed by atoms with van der Waals surface area (Å²) in [6.45, 7) is 13.0. The Balaban J connectivity index is 2.48. The number of hydrogen-bond donors (Lipinski definition) is 2. The molecule has 2 N–H and O–H groups in total. The molecule has 9 heteroatoms. The summed E-state index contributed by atoms with van der Waals surface area (Å²) in [5.74, 6) is -0.316. The maximum atomic E-state index is 12.2. The molecule has 0 fully saturated rings. The second-order valence-electron chi connectivity index (χ2n) is 9.60. The Bertz CT molecular complexity index is 707. The van der Waals surface area contributed by atoms with E-state index in [0.29, 0.717) is 32.7 Å². The lowest BCUT2D eigenvalue weighted by Gasteiger charge is -2.24. The summed E-state index contributed by atoms with van der Waals surface area (Å²) in [5, 5.41) is 5.41. The Kier molecular flexibility index (Phi) is 11.7. The zero-order valence-corrected chi connectivity index (χ0v) is 20.7. The summed E-state index contributed by atoms with van der Waals surface area (Å²) in [6, 6.07) is 9.47. The highest BCUT2D eigenvalue weighted by molar-refractivity contribution is 5.69.